The van der Waals surface area contributed by atoms with Crippen molar-refractivity contribution in [1.29, 1.82) is 0 Å². The molecule has 1 aromatic rings. The second-order valence-corrected chi connectivity index (χ2v) is 9.36. The lowest BCUT2D eigenvalue weighted by Gasteiger charge is -2.35. The zero-order valence-electron chi connectivity index (χ0n) is 18.4. The molecule has 0 bridgehead atoms. The van der Waals surface area contributed by atoms with E-state index in [9.17, 15) is 14.4 Å². The predicted octanol–water partition coefficient (Wildman–Crippen LogP) is 2.79. The Morgan fingerprint density at radius 1 is 0.897 bits per heavy atom. The van der Waals surface area contributed by atoms with E-state index in [1.54, 1.807) is 30.6 Å². The maximum absolute atomic E-state index is 12.7. The van der Waals surface area contributed by atoms with Crippen LogP contribution in [0.25, 0.3) is 0 Å². The summed E-state index contributed by atoms with van der Waals surface area (Å²) in [6.45, 7) is 13.4. The van der Waals surface area contributed by atoms with Gasteiger partial charge in [-0.05, 0) is 43.9 Å². The summed E-state index contributed by atoms with van der Waals surface area (Å²) in [7, 11) is 0. The lowest BCUT2D eigenvalue weighted by molar-refractivity contribution is -0.131. The number of ether oxygens (including phenoxy) is 1. The Balaban J connectivity index is 1.83. The molecule has 1 aliphatic heterocycles. The van der Waals surface area contributed by atoms with Crippen molar-refractivity contribution in [3.8, 4) is 0 Å². The van der Waals surface area contributed by atoms with Crippen LogP contribution in [-0.4, -0.2) is 66.0 Å². The van der Waals surface area contributed by atoms with E-state index in [0.717, 1.165) is 0 Å². The Morgan fingerprint density at radius 3 is 1.90 bits per heavy atom. The first-order valence-corrected chi connectivity index (χ1v) is 10.0. The molecule has 0 saturated carbocycles. The van der Waals surface area contributed by atoms with Crippen molar-refractivity contribution in [1.82, 2.24) is 15.1 Å². The number of carbonyl (C=O) groups is 3. The molecule has 0 spiro atoms. The molecule has 0 unspecified atom stereocenters. The highest BCUT2D eigenvalue weighted by molar-refractivity contribution is 5.94. The van der Waals surface area contributed by atoms with Crippen LogP contribution in [0.5, 0.6) is 0 Å². The molecular formula is C22H33N3O4. The molecule has 1 aliphatic rings. The number of alkyl carbamates (subject to hydrolysis) is 1. The Labute approximate surface area is 173 Å². The van der Waals surface area contributed by atoms with Gasteiger partial charge in [-0.15, -0.1) is 0 Å². The Morgan fingerprint density at radius 2 is 1.41 bits per heavy atom. The number of rotatable bonds is 3. The molecule has 160 valence electrons. The van der Waals surface area contributed by atoms with Gasteiger partial charge in [0, 0.05) is 31.7 Å². The highest BCUT2D eigenvalue weighted by Crippen LogP contribution is 2.22. The number of hydrogen-bond donors (Lipinski definition) is 1. The summed E-state index contributed by atoms with van der Waals surface area (Å²) in [6, 6.07) is 7.72. The van der Waals surface area contributed by atoms with Gasteiger partial charge in [0.05, 0.1) is 0 Å². The van der Waals surface area contributed by atoms with Gasteiger partial charge < -0.3 is 19.9 Å². The van der Waals surface area contributed by atoms with E-state index >= 15 is 0 Å². The molecule has 1 saturated heterocycles. The van der Waals surface area contributed by atoms with E-state index in [-0.39, 0.29) is 23.8 Å². The van der Waals surface area contributed by atoms with E-state index in [0.29, 0.717) is 31.7 Å². The molecule has 0 radical (unpaired) electrons. The standard InChI is InChI=1S/C22H33N3O4/c1-21(2,3)17-9-7-16(8-10-17)19(27)25-13-11-24(12-14-25)18(26)15-23-20(28)29-22(4,5)6/h7-10H,11-15H2,1-6H3,(H,23,28). The average molecular weight is 404 g/mol. The number of nitrogens with zero attached hydrogens (tertiary/aromatic N) is 2. The van der Waals surface area contributed by atoms with E-state index in [2.05, 4.69) is 26.1 Å². The summed E-state index contributed by atoms with van der Waals surface area (Å²) >= 11 is 0. The highest BCUT2D eigenvalue weighted by Gasteiger charge is 2.26. The molecule has 1 aromatic carbocycles. The normalized spacial score (nSPS) is 15.1. The molecule has 7 heteroatoms. The minimum Gasteiger partial charge on any atom is -0.444 e. The van der Waals surface area contributed by atoms with Gasteiger partial charge in [-0.25, -0.2) is 4.79 Å². The third-order valence-electron chi connectivity index (χ3n) is 4.70. The second-order valence-electron chi connectivity index (χ2n) is 9.36. The van der Waals surface area contributed by atoms with Gasteiger partial charge in [-0.3, -0.25) is 9.59 Å². The molecule has 0 atom stereocenters. The van der Waals surface area contributed by atoms with E-state index in [1.807, 2.05) is 24.3 Å². The quantitative estimate of drug-likeness (QED) is 0.842. The number of nitrogens with one attached hydrogen (secondary N) is 1. The Kier molecular flexibility index (Phi) is 6.93. The average Bonchev–Trinajstić information content (AvgIpc) is 2.63. The number of carbonyl (C=O) groups excluding carboxylic acids is 3. The summed E-state index contributed by atoms with van der Waals surface area (Å²) in [5.74, 6) is -0.207. The minimum atomic E-state index is -0.613. The van der Waals surface area contributed by atoms with Crippen LogP contribution in [0.3, 0.4) is 0 Å². The summed E-state index contributed by atoms with van der Waals surface area (Å²) in [6.07, 6.45) is -0.613. The predicted molar refractivity (Wildman–Crippen MR) is 112 cm³/mol. The first-order valence-electron chi connectivity index (χ1n) is 10.0. The van der Waals surface area contributed by atoms with Crippen molar-refractivity contribution in [3.63, 3.8) is 0 Å². The van der Waals surface area contributed by atoms with Gasteiger partial charge in [-0.2, -0.15) is 0 Å². The number of hydrogen-bond acceptors (Lipinski definition) is 4. The van der Waals surface area contributed by atoms with E-state index in [1.165, 1.54) is 5.56 Å². The third-order valence-corrected chi connectivity index (χ3v) is 4.70. The van der Waals surface area contributed by atoms with Crippen LogP contribution in [-0.2, 0) is 14.9 Å². The van der Waals surface area contributed by atoms with Crippen LogP contribution in [0, 0.1) is 0 Å². The smallest absolute Gasteiger partial charge is 0.408 e. The summed E-state index contributed by atoms with van der Waals surface area (Å²) in [4.78, 5) is 40.1. The van der Waals surface area contributed by atoms with Crippen LogP contribution < -0.4 is 5.32 Å². The lowest BCUT2D eigenvalue weighted by Crippen LogP contribution is -2.52. The largest absolute Gasteiger partial charge is 0.444 e. The molecule has 0 aromatic heterocycles. The van der Waals surface area contributed by atoms with Gasteiger partial charge in [0.1, 0.15) is 12.1 Å². The van der Waals surface area contributed by atoms with E-state index in [4.69, 9.17) is 4.74 Å². The SMILES string of the molecule is CC(C)(C)OC(=O)NCC(=O)N1CCN(C(=O)c2ccc(C(C)(C)C)cc2)CC1. The van der Waals surface area contributed by atoms with Gasteiger partial charge in [0.25, 0.3) is 5.91 Å². The monoisotopic (exact) mass is 403 g/mol. The van der Waals surface area contributed by atoms with Crippen molar-refractivity contribution in [3.05, 3.63) is 35.4 Å². The topological polar surface area (TPSA) is 79.0 Å². The number of piperazine rings is 1. The van der Waals surface area contributed by atoms with Crippen LogP contribution in [0.1, 0.15) is 57.5 Å². The molecule has 7 nitrogen and oxygen atoms in total. The fraction of sp³-hybridized carbons (Fsp3) is 0.591. The molecule has 2 rings (SSSR count). The molecule has 1 N–H and O–H groups in total. The Bertz CT molecular complexity index is 737. The number of amides is 3. The fourth-order valence-electron chi connectivity index (χ4n) is 3.03. The van der Waals surface area contributed by atoms with Crippen LogP contribution in [0.4, 0.5) is 4.79 Å². The van der Waals surface area contributed by atoms with Crippen molar-refractivity contribution in [2.24, 2.45) is 0 Å². The highest BCUT2D eigenvalue weighted by atomic mass is 16.6. The minimum absolute atomic E-state index is 0.0237. The summed E-state index contributed by atoms with van der Waals surface area (Å²) in [5, 5.41) is 2.48. The van der Waals surface area contributed by atoms with Crippen molar-refractivity contribution in [2.75, 3.05) is 32.7 Å². The molecule has 1 fully saturated rings. The van der Waals surface area contributed by atoms with Crippen LogP contribution in [0.2, 0.25) is 0 Å². The number of benzene rings is 1. The maximum atomic E-state index is 12.7. The molecule has 1 heterocycles. The first-order chi connectivity index (χ1) is 13.4. The molecule has 3 amide bonds. The van der Waals surface area contributed by atoms with Crippen LogP contribution in [0.15, 0.2) is 24.3 Å². The zero-order chi connectivity index (χ0) is 21.8. The van der Waals surface area contributed by atoms with Crippen molar-refractivity contribution < 1.29 is 19.1 Å². The summed E-state index contributed by atoms with van der Waals surface area (Å²) < 4.78 is 5.13. The Hall–Kier alpha value is -2.57. The first kappa shape index (κ1) is 22.7. The second kappa shape index (κ2) is 8.84. The van der Waals surface area contributed by atoms with E-state index < -0.39 is 11.7 Å². The molecule has 0 aliphatic carbocycles. The van der Waals surface area contributed by atoms with Gasteiger partial charge in [-0.1, -0.05) is 32.9 Å². The third kappa shape index (κ3) is 6.76. The lowest BCUT2D eigenvalue weighted by atomic mass is 9.86. The van der Waals surface area contributed by atoms with Crippen molar-refractivity contribution in [2.45, 2.75) is 52.6 Å². The van der Waals surface area contributed by atoms with Crippen LogP contribution >= 0.6 is 0 Å². The summed E-state index contributed by atoms with van der Waals surface area (Å²) in [5.41, 5.74) is 1.27. The fourth-order valence-corrected chi connectivity index (χ4v) is 3.03. The zero-order valence-corrected chi connectivity index (χ0v) is 18.4. The van der Waals surface area contributed by atoms with Gasteiger partial charge >= 0.3 is 6.09 Å². The molecular weight excluding hydrogens is 370 g/mol. The van der Waals surface area contributed by atoms with Crippen molar-refractivity contribution >= 4 is 17.9 Å². The maximum Gasteiger partial charge on any atom is 0.408 e. The molecule has 29 heavy (non-hydrogen) atoms. The van der Waals surface area contributed by atoms with Gasteiger partial charge in [0.15, 0.2) is 0 Å². The van der Waals surface area contributed by atoms with Gasteiger partial charge in [0.2, 0.25) is 5.91 Å².